The molecule has 1 aromatic carbocycles. The van der Waals surface area contributed by atoms with Crippen molar-refractivity contribution in [2.45, 2.75) is 6.54 Å². The summed E-state index contributed by atoms with van der Waals surface area (Å²) in [5, 5.41) is 3.46. The molecule has 0 saturated heterocycles. The van der Waals surface area contributed by atoms with E-state index < -0.39 is 0 Å². The molecule has 94 valence electrons. The van der Waals surface area contributed by atoms with Crippen LogP contribution in [0, 0.1) is 0 Å². The van der Waals surface area contributed by atoms with Crippen LogP contribution in [0.2, 0.25) is 5.02 Å². The zero-order valence-electron chi connectivity index (χ0n) is 9.57. The molecule has 0 aliphatic heterocycles. The summed E-state index contributed by atoms with van der Waals surface area (Å²) in [6, 6.07) is 9.04. The molecule has 0 radical (unpaired) electrons. The van der Waals surface area contributed by atoms with Crippen molar-refractivity contribution in [1.82, 2.24) is 9.88 Å². The summed E-state index contributed by atoms with van der Waals surface area (Å²) >= 11 is 9.17. The quantitative estimate of drug-likeness (QED) is 0.918. The lowest BCUT2D eigenvalue weighted by atomic mass is 10.2. The molecule has 0 saturated carbocycles. The Kier molecular flexibility index (Phi) is 4.44. The molecule has 1 N–H and O–H groups in total. The summed E-state index contributed by atoms with van der Waals surface area (Å²) in [4.78, 5) is 11.9. The number of hydrogen-bond acceptors (Lipinski definition) is 1. The van der Waals surface area contributed by atoms with Crippen molar-refractivity contribution in [3.05, 3.63) is 57.8 Å². The van der Waals surface area contributed by atoms with Gasteiger partial charge in [0.05, 0.1) is 5.02 Å². The van der Waals surface area contributed by atoms with E-state index in [1.165, 1.54) is 0 Å². The average Bonchev–Trinajstić information content (AvgIpc) is 2.85. The van der Waals surface area contributed by atoms with Gasteiger partial charge in [-0.05, 0) is 46.3 Å². The second-order valence-electron chi connectivity index (χ2n) is 3.81. The molecule has 3 nitrogen and oxygen atoms in total. The maximum absolute atomic E-state index is 11.9. The molecular formula is C13H12BrClN2O. The number of carbonyl (C=O) groups excluding carboxylic acids is 1. The fourth-order valence-corrected chi connectivity index (χ4v) is 2.05. The molecule has 0 aliphatic carbocycles. The van der Waals surface area contributed by atoms with Gasteiger partial charge in [-0.25, -0.2) is 0 Å². The Morgan fingerprint density at radius 2 is 2.06 bits per heavy atom. The first-order chi connectivity index (χ1) is 8.66. The van der Waals surface area contributed by atoms with E-state index in [1.54, 1.807) is 18.2 Å². The standard InChI is InChI=1S/C13H12BrClN2O/c14-11-9-10(3-4-12(11)15)13(18)16-5-8-17-6-1-2-7-17/h1-4,6-7,9H,5,8H2,(H,16,18). The van der Waals surface area contributed by atoms with E-state index in [0.29, 0.717) is 17.1 Å². The number of nitrogens with one attached hydrogen (secondary N) is 1. The van der Waals surface area contributed by atoms with Crippen molar-refractivity contribution in [2.24, 2.45) is 0 Å². The first-order valence-corrected chi connectivity index (χ1v) is 6.68. The van der Waals surface area contributed by atoms with E-state index in [1.807, 2.05) is 29.1 Å². The molecule has 1 amide bonds. The van der Waals surface area contributed by atoms with Crippen molar-refractivity contribution >= 4 is 33.4 Å². The van der Waals surface area contributed by atoms with Gasteiger partial charge in [-0.1, -0.05) is 11.6 Å². The van der Waals surface area contributed by atoms with E-state index in [2.05, 4.69) is 21.2 Å². The summed E-state index contributed by atoms with van der Waals surface area (Å²) in [6.07, 6.45) is 3.93. The highest BCUT2D eigenvalue weighted by atomic mass is 79.9. The number of halogens is 2. The smallest absolute Gasteiger partial charge is 0.251 e. The summed E-state index contributed by atoms with van der Waals surface area (Å²) in [6.45, 7) is 1.35. The summed E-state index contributed by atoms with van der Waals surface area (Å²) in [7, 11) is 0. The van der Waals surface area contributed by atoms with Crippen molar-refractivity contribution in [3.63, 3.8) is 0 Å². The average molecular weight is 328 g/mol. The Bertz CT molecular complexity index is 540. The second kappa shape index (κ2) is 6.07. The van der Waals surface area contributed by atoms with Crippen LogP contribution in [0.25, 0.3) is 0 Å². The molecule has 0 unspecified atom stereocenters. The third-order valence-electron chi connectivity index (χ3n) is 2.50. The van der Waals surface area contributed by atoms with Gasteiger partial charge in [0.1, 0.15) is 0 Å². The van der Waals surface area contributed by atoms with E-state index in [9.17, 15) is 4.79 Å². The monoisotopic (exact) mass is 326 g/mol. The van der Waals surface area contributed by atoms with Crippen LogP contribution in [-0.2, 0) is 6.54 Å². The van der Waals surface area contributed by atoms with Crippen LogP contribution in [-0.4, -0.2) is 17.0 Å². The molecule has 5 heteroatoms. The number of rotatable bonds is 4. The maximum atomic E-state index is 11.9. The zero-order valence-corrected chi connectivity index (χ0v) is 11.9. The lowest BCUT2D eigenvalue weighted by Gasteiger charge is -2.07. The van der Waals surface area contributed by atoms with Gasteiger partial charge < -0.3 is 9.88 Å². The van der Waals surface area contributed by atoms with E-state index in [0.717, 1.165) is 11.0 Å². The lowest BCUT2D eigenvalue weighted by Crippen LogP contribution is -2.26. The van der Waals surface area contributed by atoms with Crippen LogP contribution >= 0.6 is 27.5 Å². The fraction of sp³-hybridized carbons (Fsp3) is 0.154. The highest BCUT2D eigenvalue weighted by Gasteiger charge is 2.06. The number of amides is 1. The minimum Gasteiger partial charge on any atom is -0.353 e. The van der Waals surface area contributed by atoms with Crippen molar-refractivity contribution < 1.29 is 4.79 Å². The maximum Gasteiger partial charge on any atom is 0.251 e. The SMILES string of the molecule is O=C(NCCn1cccc1)c1ccc(Cl)c(Br)c1. The number of aromatic nitrogens is 1. The van der Waals surface area contributed by atoms with E-state index >= 15 is 0 Å². The van der Waals surface area contributed by atoms with Gasteiger partial charge in [-0.3, -0.25) is 4.79 Å². The van der Waals surface area contributed by atoms with Gasteiger partial charge in [0.25, 0.3) is 5.91 Å². The highest BCUT2D eigenvalue weighted by molar-refractivity contribution is 9.10. The van der Waals surface area contributed by atoms with Gasteiger partial charge in [-0.2, -0.15) is 0 Å². The number of carbonyl (C=O) groups is 1. The Morgan fingerprint density at radius 1 is 1.33 bits per heavy atom. The third-order valence-corrected chi connectivity index (χ3v) is 3.72. The van der Waals surface area contributed by atoms with Gasteiger partial charge >= 0.3 is 0 Å². The molecule has 2 aromatic rings. The molecule has 1 aromatic heterocycles. The topological polar surface area (TPSA) is 34.0 Å². The van der Waals surface area contributed by atoms with E-state index in [-0.39, 0.29) is 5.91 Å². The molecule has 18 heavy (non-hydrogen) atoms. The molecule has 0 spiro atoms. The van der Waals surface area contributed by atoms with E-state index in [4.69, 9.17) is 11.6 Å². The molecule has 0 bridgehead atoms. The zero-order chi connectivity index (χ0) is 13.0. The minimum absolute atomic E-state index is 0.0977. The number of hydrogen-bond donors (Lipinski definition) is 1. The van der Waals surface area contributed by atoms with Gasteiger partial charge in [0, 0.05) is 35.5 Å². The van der Waals surface area contributed by atoms with Crippen LogP contribution in [0.15, 0.2) is 47.2 Å². The lowest BCUT2D eigenvalue weighted by molar-refractivity contribution is 0.0952. The largest absolute Gasteiger partial charge is 0.353 e. The van der Waals surface area contributed by atoms with Gasteiger partial charge in [0.15, 0.2) is 0 Å². The molecular weight excluding hydrogens is 316 g/mol. The minimum atomic E-state index is -0.0977. The Labute approximate surface area is 119 Å². The molecule has 0 fully saturated rings. The summed E-state index contributed by atoms with van der Waals surface area (Å²) in [5.74, 6) is -0.0977. The first-order valence-electron chi connectivity index (χ1n) is 5.51. The fourth-order valence-electron chi connectivity index (χ4n) is 1.56. The number of nitrogens with zero attached hydrogens (tertiary/aromatic N) is 1. The normalized spacial score (nSPS) is 10.3. The second-order valence-corrected chi connectivity index (χ2v) is 5.07. The highest BCUT2D eigenvalue weighted by Crippen LogP contribution is 2.23. The Hall–Kier alpha value is -1.26. The molecule has 0 atom stereocenters. The van der Waals surface area contributed by atoms with Crippen LogP contribution in [0.3, 0.4) is 0 Å². The third kappa shape index (κ3) is 3.37. The molecule has 2 rings (SSSR count). The Balaban J connectivity index is 1.89. The summed E-state index contributed by atoms with van der Waals surface area (Å²) in [5.41, 5.74) is 0.596. The first kappa shape index (κ1) is 13.2. The van der Waals surface area contributed by atoms with Crippen molar-refractivity contribution in [3.8, 4) is 0 Å². The van der Waals surface area contributed by atoms with Gasteiger partial charge in [0.2, 0.25) is 0 Å². The van der Waals surface area contributed by atoms with Crippen molar-refractivity contribution in [1.29, 1.82) is 0 Å². The number of benzene rings is 1. The van der Waals surface area contributed by atoms with Crippen LogP contribution in [0.4, 0.5) is 0 Å². The van der Waals surface area contributed by atoms with Crippen LogP contribution < -0.4 is 5.32 Å². The van der Waals surface area contributed by atoms with Crippen molar-refractivity contribution in [2.75, 3.05) is 6.54 Å². The Morgan fingerprint density at radius 3 is 2.72 bits per heavy atom. The van der Waals surface area contributed by atoms with Gasteiger partial charge in [-0.15, -0.1) is 0 Å². The van der Waals surface area contributed by atoms with Crippen LogP contribution in [0.5, 0.6) is 0 Å². The van der Waals surface area contributed by atoms with Crippen LogP contribution in [0.1, 0.15) is 10.4 Å². The molecule has 0 aliphatic rings. The summed E-state index contributed by atoms with van der Waals surface area (Å²) < 4.78 is 2.74. The predicted octanol–water partition coefficient (Wildman–Crippen LogP) is 3.33. The molecule has 1 heterocycles. The predicted molar refractivity (Wildman–Crippen MR) is 75.9 cm³/mol.